The zero-order chi connectivity index (χ0) is 13.1. The molecule has 7 heteroatoms. The molecule has 0 atom stereocenters. The van der Waals surface area contributed by atoms with E-state index in [2.05, 4.69) is 5.32 Å². The van der Waals surface area contributed by atoms with E-state index in [9.17, 15) is 9.59 Å². The number of anilines is 1. The molecular formula is C11H10Cl2N2O2S. The monoisotopic (exact) mass is 304 g/mol. The molecule has 1 aliphatic heterocycles. The van der Waals surface area contributed by atoms with Crippen LogP contribution < -0.4 is 5.32 Å². The van der Waals surface area contributed by atoms with Gasteiger partial charge in [0.1, 0.15) is 6.54 Å². The van der Waals surface area contributed by atoms with E-state index in [0.29, 0.717) is 27.4 Å². The summed E-state index contributed by atoms with van der Waals surface area (Å²) in [5.74, 6) is 0.724. The third kappa shape index (κ3) is 3.54. The third-order valence-electron chi connectivity index (χ3n) is 2.31. The normalized spacial score (nSPS) is 15.0. The Morgan fingerprint density at radius 2 is 2.00 bits per heavy atom. The number of amides is 2. The van der Waals surface area contributed by atoms with E-state index in [1.54, 1.807) is 18.2 Å². The van der Waals surface area contributed by atoms with Gasteiger partial charge in [-0.2, -0.15) is 0 Å². The molecule has 2 rings (SSSR count). The molecule has 0 bridgehead atoms. The molecule has 0 radical (unpaired) electrons. The number of carbonyl (C=O) groups is 2. The molecule has 1 aromatic carbocycles. The number of rotatable bonds is 3. The van der Waals surface area contributed by atoms with E-state index in [-0.39, 0.29) is 18.4 Å². The number of hydrogen-bond acceptors (Lipinski definition) is 3. The Labute approximate surface area is 119 Å². The first-order valence-corrected chi connectivity index (χ1v) is 7.07. The van der Waals surface area contributed by atoms with E-state index in [1.165, 1.54) is 16.7 Å². The van der Waals surface area contributed by atoms with Crippen LogP contribution in [0.4, 0.5) is 5.69 Å². The molecule has 0 aromatic heterocycles. The average Bonchev–Trinajstić information content (AvgIpc) is 2.62. The van der Waals surface area contributed by atoms with Gasteiger partial charge < -0.3 is 10.2 Å². The first kappa shape index (κ1) is 13.5. The van der Waals surface area contributed by atoms with Crippen molar-refractivity contribution in [1.29, 1.82) is 0 Å². The number of halogens is 2. The van der Waals surface area contributed by atoms with Crippen LogP contribution in [0.2, 0.25) is 10.0 Å². The molecule has 1 saturated heterocycles. The number of hydrogen-bond donors (Lipinski definition) is 1. The minimum absolute atomic E-state index is 0.0146. The zero-order valence-corrected chi connectivity index (χ0v) is 11.6. The number of benzene rings is 1. The Bertz CT molecular complexity index is 476. The third-order valence-corrected chi connectivity index (χ3v) is 3.69. The standard InChI is InChI=1S/C11H10Cl2N2O2S/c12-7-1-8(13)3-9(2-7)14-10(16)4-15-6-18-5-11(15)17/h1-3H,4-6H2,(H,14,16). The summed E-state index contributed by atoms with van der Waals surface area (Å²) in [6.07, 6.45) is 0. The summed E-state index contributed by atoms with van der Waals surface area (Å²) in [4.78, 5) is 24.6. The number of nitrogens with zero attached hydrogens (tertiary/aromatic N) is 1. The van der Waals surface area contributed by atoms with Gasteiger partial charge >= 0.3 is 0 Å². The fourth-order valence-corrected chi connectivity index (χ4v) is 2.97. The van der Waals surface area contributed by atoms with Crippen molar-refractivity contribution < 1.29 is 9.59 Å². The van der Waals surface area contributed by atoms with Gasteiger partial charge in [-0.25, -0.2) is 0 Å². The molecule has 96 valence electrons. The lowest BCUT2D eigenvalue weighted by molar-refractivity contribution is -0.130. The van der Waals surface area contributed by atoms with Crippen LogP contribution in [-0.2, 0) is 9.59 Å². The van der Waals surface area contributed by atoms with Crippen molar-refractivity contribution in [2.24, 2.45) is 0 Å². The second-order valence-electron chi connectivity index (χ2n) is 3.78. The van der Waals surface area contributed by atoms with Crippen molar-refractivity contribution in [2.75, 3.05) is 23.5 Å². The first-order chi connectivity index (χ1) is 8.54. The van der Waals surface area contributed by atoms with Crippen molar-refractivity contribution in [1.82, 2.24) is 4.90 Å². The van der Waals surface area contributed by atoms with Crippen molar-refractivity contribution in [2.45, 2.75) is 0 Å². The number of carbonyl (C=O) groups excluding carboxylic acids is 2. The highest BCUT2D eigenvalue weighted by Crippen LogP contribution is 2.22. The predicted molar refractivity (Wildman–Crippen MR) is 74.1 cm³/mol. The van der Waals surface area contributed by atoms with Gasteiger partial charge in [0.05, 0.1) is 11.6 Å². The second kappa shape index (κ2) is 5.82. The van der Waals surface area contributed by atoms with Crippen molar-refractivity contribution in [3.05, 3.63) is 28.2 Å². The number of thioether (sulfide) groups is 1. The molecule has 0 aliphatic carbocycles. The molecule has 1 aliphatic rings. The summed E-state index contributed by atoms with van der Waals surface area (Å²) in [7, 11) is 0. The highest BCUT2D eigenvalue weighted by Gasteiger charge is 2.22. The lowest BCUT2D eigenvalue weighted by atomic mass is 10.3. The highest BCUT2D eigenvalue weighted by atomic mass is 35.5. The van der Waals surface area contributed by atoms with Crippen LogP contribution in [0.3, 0.4) is 0 Å². The van der Waals surface area contributed by atoms with E-state index in [4.69, 9.17) is 23.2 Å². The fraction of sp³-hybridized carbons (Fsp3) is 0.273. The fourth-order valence-electron chi connectivity index (χ4n) is 1.54. The van der Waals surface area contributed by atoms with Crippen LogP contribution in [-0.4, -0.2) is 34.9 Å². The van der Waals surface area contributed by atoms with Crippen LogP contribution in [0.15, 0.2) is 18.2 Å². The van der Waals surface area contributed by atoms with Gasteiger partial charge in [-0.1, -0.05) is 23.2 Å². The second-order valence-corrected chi connectivity index (χ2v) is 5.60. The van der Waals surface area contributed by atoms with Crippen molar-refractivity contribution in [3.63, 3.8) is 0 Å². The summed E-state index contributed by atoms with van der Waals surface area (Å²) in [5, 5.41) is 3.56. The van der Waals surface area contributed by atoms with E-state index >= 15 is 0 Å². The Morgan fingerprint density at radius 1 is 1.33 bits per heavy atom. The van der Waals surface area contributed by atoms with E-state index in [0.717, 1.165) is 0 Å². The Hall–Kier alpha value is -0.910. The predicted octanol–water partition coefficient (Wildman–Crippen LogP) is 2.46. The summed E-state index contributed by atoms with van der Waals surface area (Å²) in [6, 6.07) is 4.79. The highest BCUT2D eigenvalue weighted by molar-refractivity contribution is 8.00. The summed E-state index contributed by atoms with van der Waals surface area (Å²) in [6.45, 7) is 0.0516. The Balaban J connectivity index is 1.96. The smallest absolute Gasteiger partial charge is 0.244 e. The van der Waals surface area contributed by atoms with Gasteiger partial charge in [0, 0.05) is 15.7 Å². The zero-order valence-electron chi connectivity index (χ0n) is 9.28. The van der Waals surface area contributed by atoms with Crippen molar-refractivity contribution in [3.8, 4) is 0 Å². The maximum Gasteiger partial charge on any atom is 0.244 e. The van der Waals surface area contributed by atoms with Gasteiger partial charge in [0.2, 0.25) is 11.8 Å². The molecule has 1 aromatic rings. The van der Waals surface area contributed by atoms with E-state index in [1.807, 2.05) is 0 Å². The van der Waals surface area contributed by atoms with Gasteiger partial charge in [-0.15, -0.1) is 11.8 Å². The SMILES string of the molecule is O=C(CN1CSCC1=O)Nc1cc(Cl)cc(Cl)c1. The molecule has 4 nitrogen and oxygen atoms in total. The molecule has 0 saturated carbocycles. The Kier molecular flexibility index (Phi) is 4.37. The topological polar surface area (TPSA) is 49.4 Å². The lowest BCUT2D eigenvalue weighted by Gasteiger charge is -2.14. The van der Waals surface area contributed by atoms with Gasteiger partial charge in [0.25, 0.3) is 0 Å². The van der Waals surface area contributed by atoms with Crippen LogP contribution in [0, 0.1) is 0 Å². The van der Waals surface area contributed by atoms with Crippen LogP contribution in [0.1, 0.15) is 0 Å². The molecule has 0 spiro atoms. The molecule has 2 amide bonds. The quantitative estimate of drug-likeness (QED) is 0.933. The minimum Gasteiger partial charge on any atom is -0.324 e. The van der Waals surface area contributed by atoms with Crippen LogP contribution in [0.25, 0.3) is 0 Å². The molecule has 1 fully saturated rings. The van der Waals surface area contributed by atoms with Gasteiger partial charge in [0.15, 0.2) is 0 Å². The maximum atomic E-state index is 11.7. The molecule has 1 N–H and O–H groups in total. The van der Waals surface area contributed by atoms with Crippen molar-refractivity contribution >= 4 is 52.5 Å². The van der Waals surface area contributed by atoms with Gasteiger partial charge in [-0.05, 0) is 18.2 Å². The maximum absolute atomic E-state index is 11.7. The average molecular weight is 305 g/mol. The molecule has 1 heterocycles. The Morgan fingerprint density at radius 3 is 2.56 bits per heavy atom. The minimum atomic E-state index is -0.260. The lowest BCUT2D eigenvalue weighted by Crippen LogP contribution is -2.34. The summed E-state index contributed by atoms with van der Waals surface area (Å²) in [5.41, 5.74) is 0.525. The first-order valence-electron chi connectivity index (χ1n) is 5.16. The van der Waals surface area contributed by atoms with Gasteiger partial charge in [-0.3, -0.25) is 9.59 Å². The molecule has 0 unspecified atom stereocenters. The van der Waals surface area contributed by atoms with Crippen LogP contribution in [0.5, 0.6) is 0 Å². The van der Waals surface area contributed by atoms with Crippen LogP contribution >= 0.6 is 35.0 Å². The largest absolute Gasteiger partial charge is 0.324 e. The van der Waals surface area contributed by atoms with E-state index < -0.39 is 0 Å². The summed E-state index contributed by atoms with van der Waals surface area (Å²) >= 11 is 13.1. The number of nitrogens with one attached hydrogen (secondary N) is 1. The molecular weight excluding hydrogens is 295 g/mol. The summed E-state index contributed by atoms with van der Waals surface area (Å²) < 4.78 is 0. The molecule has 18 heavy (non-hydrogen) atoms.